The molecule has 0 unspecified atom stereocenters. The van der Waals surface area contributed by atoms with Gasteiger partial charge >= 0.3 is 0 Å². The van der Waals surface area contributed by atoms with Gasteiger partial charge < -0.3 is 0 Å². The van der Waals surface area contributed by atoms with E-state index in [-0.39, 0.29) is 11.8 Å². The summed E-state index contributed by atoms with van der Waals surface area (Å²) in [7, 11) is 0. The van der Waals surface area contributed by atoms with E-state index in [9.17, 15) is 4.79 Å². The highest BCUT2D eigenvalue weighted by atomic mass is 35.5. The molecule has 0 saturated carbocycles. The number of piperidine rings is 1. The summed E-state index contributed by atoms with van der Waals surface area (Å²) >= 11 is 7.61. The van der Waals surface area contributed by atoms with Gasteiger partial charge in [0.25, 0.3) is 5.91 Å². The molecule has 3 aromatic rings. The van der Waals surface area contributed by atoms with E-state index in [4.69, 9.17) is 11.6 Å². The van der Waals surface area contributed by atoms with E-state index in [0.717, 1.165) is 36.7 Å². The number of amides is 1. The largest absolute Gasteiger partial charge is 0.298 e. The molecule has 8 heteroatoms. The Balaban J connectivity index is 1.51. The Morgan fingerprint density at radius 1 is 1.27 bits per heavy atom. The molecule has 3 heterocycles. The molecule has 4 rings (SSSR count). The average molecular weight is 444 g/mol. The maximum absolute atomic E-state index is 13.0. The number of thiazole rings is 1. The Kier molecular flexibility index (Phi) is 6.51. The van der Waals surface area contributed by atoms with Crippen LogP contribution in [0.5, 0.6) is 0 Å². The molecule has 0 aliphatic carbocycles. The Morgan fingerprint density at radius 2 is 2.07 bits per heavy atom. The zero-order chi connectivity index (χ0) is 21.1. The summed E-state index contributed by atoms with van der Waals surface area (Å²) in [4.78, 5) is 20.1. The second-order valence-electron chi connectivity index (χ2n) is 7.92. The van der Waals surface area contributed by atoms with Gasteiger partial charge in [0.1, 0.15) is 0 Å². The summed E-state index contributed by atoms with van der Waals surface area (Å²) < 4.78 is 1.79. The van der Waals surface area contributed by atoms with Crippen LogP contribution in [0.1, 0.15) is 60.8 Å². The van der Waals surface area contributed by atoms with Gasteiger partial charge in [0.15, 0.2) is 5.13 Å². The highest BCUT2D eigenvalue weighted by molar-refractivity contribution is 7.14. The number of hydrogen-bond acceptors (Lipinski definition) is 5. The van der Waals surface area contributed by atoms with Crippen LogP contribution >= 0.6 is 22.9 Å². The normalized spacial score (nSPS) is 14.9. The van der Waals surface area contributed by atoms with Crippen LogP contribution in [0.3, 0.4) is 0 Å². The first-order chi connectivity index (χ1) is 14.5. The van der Waals surface area contributed by atoms with Crippen molar-refractivity contribution in [2.75, 3.05) is 18.4 Å². The Labute approximate surface area is 185 Å². The number of nitrogens with one attached hydrogen (secondary N) is 1. The van der Waals surface area contributed by atoms with Crippen molar-refractivity contribution >= 4 is 34.0 Å². The number of carbonyl (C=O) groups is 1. The van der Waals surface area contributed by atoms with E-state index in [0.29, 0.717) is 15.7 Å². The molecule has 1 aliphatic rings. The number of carbonyl (C=O) groups excluding carboxylic acids is 1. The minimum absolute atomic E-state index is 0.109. The van der Waals surface area contributed by atoms with Gasteiger partial charge in [0.2, 0.25) is 0 Å². The van der Waals surface area contributed by atoms with Gasteiger partial charge in [-0.2, -0.15) is 5.10 Å². The van der Waals surface area contributed by atoms with Crippen molar-refractivity contribution < 1.29 is 4.79 Å². The van der Waals surface area contributed by atoms with Crippen LogP contribution in [-0.2, 0) is 6.54 Å². The molecule has 6 nitrogen and oxygen atoms in total. The molecular formula is C22H26ClN5OS. The number of nitrogens with zero attached hydrogens (tertiary/aromatic N) is 4. The van der Waals surface area contributed by atoms with Crippen LogP contribution < -0.4 is 5.32 Å². The maximum Gasteiger partial charge on any atom is 0.260 e. The fourth-order valence-corrected chi connectivity index (χ4v) is 4.73. The Hall–Kier alpha value is -2.22. The number of anilines is 1. The van der Waals surface area contributed by atoms with Crippen LogP contribution in [0.2, 0.25) is 5.02 Å². The Morgan fingerprint density at radius 3 is 2.80 bits per heavy atom. The number of aromatic nitrogens is 3. The van der Waals surface area contributed by atoms with Crippen LogP contribution in [0, 0.1) is 0 Å². The minimum Gasteiger partial charge on any atom is -0.298 e. The molecule has 2 aromatic heterocycles. The first-order valence-electron chi connectivity index (χ1n) is 10.3. The molecule has 158 valence electrons. The third kappa shape index (κ3) is 4.74. The first-order valence-corrected chi connectivity index (χ1v) is 11.6. The molecule has 1 amide bonds. The molecule has 1 aromatic carbocycles. The third-order valence-corrected chi connectivity index (χ3v) is 6.30. The zero-order valence-electron chi connectivity index (χ0n) is 17.3. The monoisotopic (exact) mass is 443 g/mol. The van der Waals surface area contributed by atoms with Gasteiger partial charge in [0.05, 0.1) is 28.8 Å². The lowest BCUT2D eigenvalue weighted by atomic mass is 10.1. The lowest BCUT2D eigenvalue weighted by Gasteiger charge is -2.25. The van der Waals surface area contributed by atoms with Gasteiger partial charge in [0, 0.05) is 16.9 Å². The van der Waals surface area contributed by atoms with Crippen molar-refractivity contribution in [3.8, 4) is 5.69 Å². The van der Waals surface area contributed by atoms with Crippen molar-refractivity contribution in [1.29, 1.82) is 0 Å². The highest BCUT2D eigenvalue weighted by Gasteiger charge is 2.22. The number of likely N-dealkylation sites (tertiary alicyclic amines) is 1. The summed E-state index contributed by atoms with van der Waals surface area (Å²) in [5.74, 6) is -0.0796. The fraction of sp³-hybridized carbons (Fsp3) is 0.409. The lowest BCUT2D eigenvalue weighted by molar-refractivity contribution is 0.102. The van der Waals surface area contributed by atoms with Gasteiger partial charge in [-0.1, -0.05) is 37.9 Å². The molecule has 0 bridgehead atoms. The maximum atomic E-state index is 13.0. The van der Waals surface area contributed by atoms with Crippen LogP contribution in [0.4, 0.5) is 5.13 Å². The predicted octanol–water partition coefficient (Wildman–Crippen LogP) is 5.34. The van der Waals surface area contributed by atoms with Gasteiger partial charge in [-0.05, 0) is 50.0 Å². The summed E-state index contributed by atoms with van der Waals surface area (Å²) in [5, 5.41) is 10.7. The standard InChI is InChI=1S/C22H26ClN5OS/c1-15(2)20-19(12-24-28(20)18-8-6-7-16(23)11-18)21(29)26-22-25-17(14-30-22)13-27-9-4-3-5-10-27/h6-8,11-12,14-15H,3-5,9-10,13H2,1-2H3,(H,25,26,29). The number of hydrogen-bond donors (Lipinski definition) is 1. The highest BCUT2D eigenvalue weighted by Crippen LogP contribution is 2.26. The number of halogens is 1. The van der Waals surface area contributed by atoms with Gasteiger partial charge in [-0.3, -0.25) is 15.0 Å². The van der Waals surface area contributed by atoms with E-state index < -0.39 is 0 Å². The SMILES string of the molecule is CC(C)c1c(C(=O)Nc2nc(CN3CCCCC3)cs2)cnn1-c1cccc(Cl)c1. The quantitative estimate of drug-likeness (QED) is 0.558. The van der Waals surface area contributed by atoms with Crippen molar-refractivity contribution in [1.82, 2.24) is 19.7 Å². The number of rotatable bonds is 6. The second-order valence-corrected chi connectivity index (χ2v) is 9.22. The van der Waals surface area contributed by atoms with E-state index in [1.807, 2.05) is 29.6 Å². The molecule has 30 heavy (non-hydrogen) atoms. The molecule has 1 fully saturated rings. The molecule has 1 N–H and O–H groups in total. The molecule has 1 aliphatic heterocycles. The zero-order valence-corrected chi connectivity index (χ0v) is 18.8. The van der Waals surface area contributed by atoms with E-state index in [1.165, 1.54) is 30.6 Å². The second kappa shape index (κ2) is 9.29. The fourth-order valence-electron chi connectivity index (χ4n) is 3.85. The molecule has 0 radical (unpaired) electrons. The third-order valence-electron chi connectivity index (χ3n) is 5.26. The van der Waals surface area contributed by atoms with Gasteiger partial charge in [-0.25, -0.2) is 9.67 Å². The topological polar surface area (TPSA) is 63.1 Å². The smallest absolute Gasteiger partial charge is 0.260 e. The predicted molar refractivity (Wildman–Crippen MR) is 122 cm³/mol. The molecule has 0 atom stereocenters. The first kappa shape index (κ1) is 21.0. The van der Waals surface area contributed by atoms with E-state index in [1.54, 1.807) is 10.9 Å². The van der Waals surface area contributed by atoms with Crippen molar-refractivity contribution in [3.63, 3.8) is 0 Å². The lowest BCUT2D eigenvalue weighted by Crippen LogP contribution is -2.29. The Bertz CT molecular complexity index is 1020. The molecule has 0 spiro atoms. The minimum atomic E-state index is -0.189. The van der Waals surface area contributed by atoms with E-state index in [2.05, 4.69) is 34.1 Å². The summed E-state index contributed by atoms with van der Waals surface area (Å²) in [5.41, 5.74) is 3.25. The van der Waals surface area contributed by atoms with Crippen LogP contribution in [0.15, 0.2) is 35.8 Å². The number of benzene rings is 1. The molecule has 1 saturated heterocycles. The van der Waals surface area contributed by atoms with Crippen molar-refractivity contribution in [2.24, 2.45) is 0 Å². The molecular weight excluding hydrogens is 418 g/mol. The van der Waals surface area contributed by atoms with Crippen molar-refractivity contribution in [3.05, 3.63) is 57.8 Å². The average Bonchev–Trinajstić information content (AvgIpc) is 3.36. The summed E-state index contributed by atoms with van der Waals surface area (Å²) in [6.45, 7) is 7.19. The summed E-state index contributed by atoms with van der Waals surface area (Å²) in [6, 6.07) is 7.47. The van der Waals surface area contributed by atoms with Crippen molar-refractivity contribution in [2.45, 2.75) is 45.6 Å². The van der Waals surface area contributed by atoms with Gasteiger partial charge in [-0.15, -0.1) is 11.3 Å². The van der Waals surface area contributed by atoms with E-state index >= 15 is 0 Å². The van der Waals surface area contributed by atoms with Crippen LogP contribution in [-0.4, -0.2) is 38.7 Å². The summed E-state index contributed by atoms with van der Waals surface area (Å²) in [6.07, 6.45) is 5.44. The van der Waals surface area contributed by atoms with Crippen LogP contribution in [0.25, 0.3) is 5.69 Å².